The fourth-order valence-electron chi connectivity index (χ4n) is 3.09. The Kier molecular flexibility index (Phi) is 4.90. The van der Waals surface area contributed by atoms with Gasteiger partial charge in [-0.15, -0.1) is 0 Å². The minimum Gasteiger partial charge on any atom is -0.349 e. The van der Waals surface area contributed by atoms with Crippen molar-refractivity contribution in [1.29, 1.82) is 0 Å². The van der Waals surface area contributed by atoms with E-state index in [1.54, 1.807) is 0 Å². The van der Waals surface area contributed by atoms with E-state index in [2.05, 4.69) is 10.3 Å². The van der Waals surface area contributed by atoms with Crippen molar-refractivity contribution in [3.8, 4) is 11.3 Å². The Morgan fingerprint density at radius 3 is 2.63 bits per heavy atom. The van der Waals surface area contributed by atoms with Crippen molar-refractivity contribution in [3.05, 3.63) is 95.4 Å². The summed E-state index contributed by atoms with van der Waals surface area (Å²) in [4.78, 5) is 17.4. The van der Waals surface area contributed by atoms with Crippen LogP contribution in [0.1, 0.15) is 16.2 Å². The molecule has 5 heteroatoms. The van der Waals surface area contributed by atoms with Gasteiger partial charge in [0.15, 0.2) is 0 Å². The van der Waals surface area contributed by atoms with Gasteiger partial charge in [0, 0.05) is 23.3 Å². The number of aromatic nitrogens is 2. The molecule has 2 aromatic heterocycles. The van der Waals surface area contributed by atoms with Gasteiger partial charge in [0.1, 0.15) is 0 Å². The Labute approximate surface area is 162 Å². The molecule has 134 valence electrons. The molecule has 2 heterocycles. The third-order valence-corrected chi connectivity index (χ3v) is 4.63. The molecular formula is C22H18ClN3O. The van der Waals surface area contributed by atoms with Gasteiger partial charge < -0.3 is 5.32 Å². The minimum absolute atomic E-state index is 0.194. The number of amides is 1. The van der Waals surface area contributed by atoms with E-state index >= 15 is 0 Å². The second-order valence-corrected chi connectivity index (χ2v) is 6.68. The van der Waals surface area contributed by atoms with Crippen LogP contribution in [0.5, 0.6) is 0 Å². The molecule has 4 rings (SSSR count). The zero-order valence-electron chi connectivity index (χ0n) is 14.6. The summed E-state index contributed by atoms with van der Waals surface area (Å²) in [7, 11) is 0. The first kappa shape index (κ1) is 17.3. The van der Waals surface area contributed by atoms with Gasteiger partial charge >= 0.3 is 0 Å². The predicted molar refractivity (Wildman–Crippen MR) is 108 cm³/mol. The van der Waals surface area contributed by atoms with Crippen LogP contribution in [0, 0.1) is 0 Å². The van der Waals surface area contributed by atoms with Gasteiger partial charge in [-0.2, -0.15) is 0 Å². The molecule has 0 bridgehead atoms. The molecule has 0 saturated heterocycles. The fraction of sp³-hybridized carbons (Fsp3) is 0.0909. The molecule has 0 atom stereocenters. The second-order valence-electron chi connectivity index (χ2n) is 6.24. The number of fused-ring (bicyclic) bond motifs is 1. The number of hydrogen-bond donors (Lipinski definition) is 1. The topological polar surface area (TPSA) is 46.4 Å². The van der Waals surface area contributed by atoms with Gasteiger partial charge in [-0.3, -0.25) is 9.20 Å². The molecule has 2 aromatic carbocycles. The molecule has 27 heavy (non-hydrogen) atoms. The molecule has 0 unspecified atom stereocenters. The average Bonchev–Trinajstić information content (AvgIpc) is 3.09. The molecule has 4 nitrogen and oxygen atoms in total. The molecule has 0 aliphatic rings. The standard InChI is InChI=1S/C22H18ClN3O/c23-18-10-6-9-17(15-18)20-19-11-4-5-14-26(19)21(25-20)22(27)24-13-12-16-7-2-1-3-8-16/h1-11,14-15H,12-13H2,(H,24,27). The number of imidazole rings is 1. The molecule has 0 aliphatic heterocycles. The molecule has 0 radical (unpaired) electrons. The molecule has 0 saturated carbocycles. The van der Waals surface area contributed by atoms with Crippen molar-refractivity contribution >= 4 is 23.0 Å². The normalized spacial score (nSPS) is 10.9. The van der Waals surface area contributed by atoms with Crippen LogP contribution in [0.25, 0.3) is 16.8 Å². The Bertz CT molecular complexity index is 1090. The minimum atomic E-state index is -0.194. The van der Waals surface area contributed by atoms with E-state index < -0.39 is 0 Å². The Balaban J connectivity index is 1.61. The van der Waals surface area contributed by atoms with Gasteiger partial charge in [-0.05, 0) is 36.2 Å². The van der Waals surface area contributed by atoms with Crippen molar-refractivity contribution < 1.29 is 4.79 Å². The summed E-state index contributed by atoms with van der Waals surface area (Å²) in [6, 6.07) is 23.3. The van der Waals surface area contributed by atoms with Gasteiger partial charge in [-0.25, -0.2) is 4.98 Å². The monoisotopic (exact) mass is 375 g/mol. The summed E-state index contributed by atoms with van der Waals surface area (Å²) in [6.07, 6.45) is 2.62. The number of carbonyl (C=O) groups is 1. The van der Waals surface area contributed by atoms with E-state index in [0.29, 0.717) is 17.4 Å². The van der Waals surface area contributed by atoms with Crippen LogP contribution >= 0.6 is 11.6 Å². The first-order valence-corrected chi connectivity index (χ1v) is 9.15. The zero-order chi connectivity index (χ0) is 18.6. The summed E-state index contributed by atoms with van der Waals surface area (Å²) in [5.41, 5.74) is 3.68. The molecule has 4 aromatic rings. The number of pyridine rings is 1. The van der Waals surface area contributed by atoms with Crippen molar-refractivity contribution in [2.45, 2.75) is 6.42 Å². The SMILES string of the molecule is O=C(NCCc1ccccc1)c1nc(-c2cccc(Cl)c2)c2ccccn12. The Morgan fingerprint density at radius 2 is 1.81 bits per heavy atom. The van der Waals surface area contributed by atoms with E-state index in [1.807, 2.05) is 83.4 Å². The number of hydrogen-bond acceptors (Lipinski definition) is 2. The summed E-state index contributed by atoms with van der Waals surface area (Å²) < 4.78 is 1.81. The molecule has 0 fully saturated rings. The molecule has 0 spiro atoms. The van der Waals surface area contributed by atoms with E-state index in [0.717, 1.165) is 23.2 Å². The lowest BCUT2D eigenvalue weighted by molar-refractivity contribution is 0.0943. The summed E-state index contributed by atoms with van der Waals surface area (Å²) in [5.74, 6) is 0.175. The lowest BCUT2D eigenvalue weighted by Crippen LogP contribution is -2.27. The second kappa shape index (κ2) is 7.64. The number of rotatable bonds is 5. The quantitative estimate of drug-likeness (QED) is 0.553. The summed E-state index contributed by atoms with van der Waals surface area (Å²) in [5, 5.41) is 3.60. The average molecular weight is 376 g/mol. The smallest absolute Gasteiger partial charge is 0.287 e. The van der Waals surface area contributed by atoms with E-state index in [1.165, 1.54) is 5.56 Å². The van der Waals surface area contributed by atoms with E-state index in [-0.39, 0.29) is 5.91 Å². The highest BCUT2D eigenvalue weighted by molar-refractivity contribution is 6.30. The van der Waals surface area contributed by atoms with Crippen molar-refractivity contribution in [3.63, 3.8) is 0 Å². The highest BCUT2D eigenvalue weighted by Crippen LogP contribution is 2.27. The number of halogens is 1. The molecule has 1 amide bonds. The maximum absolute atomic E-state index is 12.7. The highest BCUT2D eigenvalue weighted by Gasteiger charge is 2.18. The summed E-state index contributed by atoms with van der Waals surface area (Å²) >= 11 is 6.13. The van der Waals surface area contributed by atoms with Crippen LogP contribution in [-0.2, 0) is 6.42 Å². The van der Waals surface area contributed by atoms with Crippen LogP contribution in [-0.4, -0.2) is 21.8 Å². The Morgan fingerprint density at radius 1 is 1.00 bits per heavy atom. The van der Waals surface area contributed by atoms with E-state index in [9.17, 15) is 4.79 Å². The zero-order valence-corrected chi connectivity index (χ0v) is 15.4. The largest absolute Gasteiger partial charge is 0.349 e. The first-order valence-electron chi connectivity index (χ1n) is 8.77. The van der Waals surface area contributed by atoms with Gasteiger partial charge in [-0.1, -0.05) is 60.1 Å². The molecular weight excluding hydrogens is 358 g/mol. The third-order valence-electron chi connectivity index (χ3n) is 4.39. The first-order chi connectivity index (χ1) is 13.2. The number of carbonyl (C=O) groups excluding carboxylic acids is 1. The third kappa shape index (κ3) is 3.71. The van der Waals surface area contributed by atoms with Crippen molar-refractivity contribution in [2.75, 3.05) is 6.54 Å². The predicted octanol–water partition coefficient (Wildman–Crippen LogP) is 4.63. The van der Waals surface area contributed by atoms with Gasteiger partial charge in [0.25, 0.3) is 5.91 Å². The fourth-order valence-corrected chi connectivity index (χ4v) is 3.28. The number of benzene rings is 2. The van der Waals surface area contributed by atoms with Crippen molar-refractivity contribution in [1.82, 2.24) is 14.7 Å². The van der Waals surface area contributed by atoms with Crippen LogP contribution < -0.4 is 5.32 Å². The maximum Gasteiger partial charge on any atom is 0.287 e. The van der Waals surface area contributed by atoms with Gasteiger partial charge in [0.2, 0.25) is 5.82 Å². The highest BCUT2D eigenvalue weighted by atomic mass is 35.5. The number of nitrogens with one attached hydrogen (secondary N) is 1. The van der Waals surface area contributed by atoms with Gasteiger partial charge in [0.05, 0.1) is 11.2 Å². The van der Waals surface area contributed by atoms with E-state index in [4.69, 9.17) is 11.6 Å². The maximum atomic E-state index is 12.7. The molecule has 0 aliphatic carbocycles. The Hall–Kier alpha value is -3.11. The van der Waals surface area contributed by atoms with Crippen LogP contribution in [0.15, 0.2) is 79.0 Å². The van der Waals surface area contributed by atoms with Crippen LogP contribution in [0.4, 0.5) is 0 Å². The van der Waals surface area contributed by atoms with Crippen LogP contribution in [0.3, 0.4) is 0 Å². The molecule has 1 N–H and O–H groups in total. The lowest BCUT2D eigenvalue weighted by atomic mass is 10.1. The van der Waals surface area contributed by atoms with Crippen molar-refractivity contribution in [2.24, 2.45) is 0 Å². The van der Waals surface area contributed by atoms with Crippen LogP contribution in [0.2, 0.25) is 5.02 Å². The number of nitrogens with zero attached hydrogens (tertiary/aromatic N) is 2. The summed E-state index contributed by atoms with van der Waals surface area (Å²) in [6.45, 7) is 0.553. The lowest BCUT2D eigenvalue weighted by Gasteiger charge is -2.04.